The lowest BCUT2D eigenvalue weighted by atomic mass is 9.88. The summed E-state index contributed by atoms with van der Waals surface area (Å²) >= 11 is 12.0. The van der Waals surface area contributed by atoms with Crippen LogP contribution in [0, 0.1) is 5.82 Å². The summed E-state index contributed by atoms with van der Waals surface area (Å²) in [6, 6.07) is 17.1. The number of phenols is 1. The van der Waals surface area contributed by atoms with E-state index in [9.17, 15) is 9.50 Å². The van der Waals surface area contributed by atoms with Crippen molar-refractivity contribution in [2.75, 3.05) is 6.54 Å². The highest BCUT2D eigenvalue weighted by Gasteiger charge is 2.31. The van der Waals surface area contributed by atoms with Crippen molar-refractivity contribution >= 4 is 23.2 Å². The molecule has 29 heavy (non-hydrogen) atoms. The molecule has 1 aliphatic heterocycles. The molecular formula is C22H19Cl2FN2O2. The Bertz CT molecular complexity index is 994. The van der Waals surface area contributed by atoms with E-state index in [4.69, 9.17) is 27.9 Å². The second kappa shape index (κ2) is 8.59. The number of hydrogen-bond acceptors (Lipinski definition) is 4. The van der Waals surface area contributed by atoms with E-state index in [-0.39, 0.29) is 29.9 Å². The number of hydrazine groups is 1. The van der Waals surface area contributed by atoms with Crippen LogP contribution in [0.3, 0.4) is 0 Å². The van der Waals surface area contributed by atoms with Gasteiger partial charge >= 0.3 is 0 Å². The molecule has 4 rings (SSSR count). The third kappa shape index (κ3) is 4.33. The van der Waals surface area contributed by atoms with E-state index >= 15 is 0 Å². The Hall–Kier alpha value is -2.31. The van der Waals surface area contributed by atoms with E-state index in [1.807, 2.05) is 24.3 Å². The summed E-state index contributed by atoms with van der Waals surface area (Å²) in [5.74, 6) is 0.231. The summed E-state index contributed by atoms with van der Waals surface area (Å²) in [6.07, 6.45) is 0. The molecule has 0 spiro atoms. The van der Waals surface area contributed by atoms with Crippen molar-refractivity contribution in [2.45, 2.75) is 18.6 Å². The average Bonchev–Trinajstić information content (AvgIpc) is 3.18. The Morgan fingerprint density at radius 2 is 1.86 bits per heavy atom. The van der Waals surface area contributed by atoms with E-state index in [0.29, 0.717) is 15.8 Å². The quantitative estimate of drug-likeness (QED) is 0.508. The summed E-state index contributed by atoms with van der Waals surface area (Å²) in [7, 11) is 0. The van der Waals surface area contributed by atoms with Gasteiger partial charge in [-0.2, -0.15) is 0 Å². The van der Waals surface area contributed by atoms with Crippen molar-refractivity contribution in [1.82, 2.24) is 10.9 Å². The van der Waals surface area contributed by atoms with Crippen molar-refractivity contribution in [3.8, 4) is 11.5 Å². The zero-order valence-electron chi connectivity index (χ0n) is 15.3. The third-order valence-corrected chi connectivity index (χ3v) is 5.67. The van der Waals surface area contributed by atoms with Crippen LogP contribution in [0.5, 0.6) is 11.5 Å². The zero-order valence-corrected chi connectivity index (χ0v) is 16.8. The maximum atomic E-state index is 13.9. The van der Waals surface area contributed by atoms with Gasteiger partial charge in [-0.05, 0) is 35.9 Å². The van der Waals surface area contributed by atoms with E-state index in [1.54, 1.807) is 24.3 Å². The highest BCUT2D eigenvalue weighted by molar-refractivity contribution is 6.31. The van der Waals surface area contributed by atoms with Crippen LogP contribution in [-0.2, 0) is 6.61 Å². The molecule has 1 aliphatic rings. The zero-order chi connectivity index (χ0) is 20.4. The van der Waals surface area contributed by atoms with Gasteiger partial charge in [-0.1, -0.05) is 47.5 Å². The molecule has 7 heteroatoms. The minimum atomic E-state index is -0.426. The lowest BCUT2D eigenvalue weighted by molar-refractivity contribution is 0.298. The number of nitrogens with one attached hydrogen (secondary N) is 2. The number of ether oxygens (including phenoxy) is 1. The normalized spacial score (nSPS) is 18.7. The minimum Gasteiger partial charge on any atom is -0.507 e. The molecule has 0 aliphatic carbocycles. The molecule has 3 N–H and O–H groups in total. The predicted octanol–water partition coefficient (Wildman–Crippen LogP) is 5.35. The van der Waals surface area contributed by atoms with Gasteiger partial charge in [-0.3, -0.25) is 5.43 Å². The summed E-state index contributed by atoms with van der Waals surface area (Å²) in [6.45, 7) is 0.691. The second-order valence-corrected chi connectivity index (χ2v) is 7.71. The summed E-state index contributed by atoms with van der Waals surface area (Å²) < 4.78 is 19.5. The topological polar surface area (TPSA) is 53.5 Å². The summed E-state index contributed by atoms with van der Waals surface area (Å²) in [5, 5.41) is 11.6. The first-order valence-electron chi connectivity index (χ1n) is 9.15. The highest BCUT2D eigenvalue weighted by Crippen LogP contribution is 2.39. The highest BCUT2D eigenvalue weighted by atomic mass is 35.5. The largest absolute Gasteiger partial charge is 0.507 e. The summed E-state index contributed by atoms with van der Waals surface area (Å²) in [5.41, 5.74) is 8.51. The molecule has 3 aromatic rings. The van der Waals surface area contributed by atoms with E-state index < -0.39 is 5.82 Å². The fourth-order valence-electron chi connectivity index (χ4n) is 3.51. The Balaban J connectivity index is 1.51. The molecule has 3 aromatic carbocycles. The Morgan fingerprint density at radius 1 is 1.07 bits per heavy atom. The van der Waals surface area contributed by atoms with Crippen molar-refractivity contribution in [3.63, 3.8) is 0 Å². The third-order valence-electron chi connectivity index (χ3n) is 5.06. The number of phenolic OH excluding ortho intramolecular Hbond substituents is 1. The van der Waals surface area contributed by atoms with Gasteiger partial charge in [0.25, 0.3) is 0 Å². The SMILES string of the molecule is Oc1cc(OCc2c(F)cccc2Cl)ccc1C1NNCC1c1ccc(Cl)cc1. The van der Waals surface area contributed by atoms with Crippen LogP contribution < -0.4 is 15.6 Å². The van der Waals surface area contributed by atoms with Crippen molar-refractivity contribution in [3.05, 3.63) is 93.2 Å². The van der Waals surface area contributed by atoms with Gasteiger partial charge < -0.3 is 9.84 Å². The van der Waals surface area contributed by atoms with Gasteiger partial charge in [0.15, 0.2) is 0 Å². The molecule has 1 fully saturated rings. The number of aromatic hydroxyl groups is 1. The predicted molar refractivity (Wildman–Crippen MR) is 112 cm³/mol. The molecule has 4 nitrogen and oxygen atoms in total. The number of rotatable bonds is 5. The fourth-order valence-corrected chi connectivity index (χ4v) is 3.86. The van der Waals surface area contributed by atoms with Crippen LogP contribution in [0.2, 0.25) is 10.0 Å². The number of halogens is 3. The Labute approximate surface area is 178 Å². The van der Waals surface area contributed by atoms with Crippen LogP contribution in [0.4, 0.5) is 4.39 Å². The standard InChI is InChI=1S/C22H19Cl2FN2O2/c23-14-6-4-13(5-7-14)17-11-26-27-22(17)16-9-8-15(10-21(16)28)29-12-18-19(24)2-1-3-20(18)25/h1-10,17,22,26-28H,11-12H2. The van der Waals surface area contributed by atoms with Gasteiger partial charge in [-0.25, -0.2) is 9.82 Å². The van der Waals surface area contributed by atoms with Crippen LogP contribution in [0.15, 0.2) is 60.7 Å². The van der Waals surface area contributed by atoms with Crippen LogP contribution in [0.1, 0.15) is 28.7 Å². The van der Waals surface area contributed by atoms with Gasteiger partial charge in [0, 0.05) is 34.7 Å². The molecule has 1 heterocycles. The Morgan fingerprint density at radius 3 is 2.59 bits per heavy atom. The number of benzene rings is 3. The summed E-state index contributed by atoms with van der Waals surface area (Å²) in [4.78, 5) is 0. The molecule has 0 radical (unpaired) electrons. The van der Waals surface area contributed by atoms with E-state index in [0.717, 1.165) is 17.7 Å². The van der Waals surface area contributed by atoms with Crippen LogP contribution in [0.25, 0.3) is 0 Å². The molecular weight excluding hydrogens is 414 g/mol. The van der Waals surface area contributed by atoms with Gasteiger partial charge in [0.2, 0.25) is 0 Å². The smallest absolute Gasteiger partial charge is 0.131 e. The molecule has 1 saturated heterocycles. The van der Waals surface area contributed by atoms with Crippen molar-refractivity contribution in [2.24, 2.45) is 0 Å². The Kier molecular flexibility index (Phi) is 5.92. The first-order chi connectivity index (χ1) is 14.0. The maximum Gasteiger partial charge on any atom is 0.131 e. The number of hydrogen-bond donors (Lipinski definition) is 3. The van der Waals surface area contributed by atoms with E-state index in [2.05, 4.69) is 10.9 Å². The average molecular weight is 433 g/mol. The van der Waals surface area contributed by atoms with Crippen LogP contribution in [-0.4, -0.2) is 11.7 Å². The van der Waals surface area contributed by atoms with Crippen molar-refractivity contribution < 1.29 is 14.2 Å². The van der Waals surface area contributed by atoms with Crippen molar-refractivity contribution in [1.29, 1.82) is 0 Å². The maximum absolute atomic E-state index is 13.9. The van der Waals surface area contributed by atoms with Gasteiger partial charge in [-0.15, -0.1) is 0 Å². The molecule has 0 aromatic heterocycles. The van der Waals surface area contributed by atoms with Gasteiger partial charge in [0.1, 0.15) is 23.9 Å². The molecule has 0 saturated carbocycles. The molecule has 2 atom stereocenters. The first kappa shape index (κ1) is 20.0. The monoisotopic (exact) mass is 432 g/mol. The lowest BCUT2D eigenvalue weighted by Gasteiger charge is -2.21. The van der Waals surface area contributed by atoms with E-state index in [1.165, 1.54) is 12.1 Å². The first-order valence-corrected chi connectivity index (χ1v) is 9.91. The molecule has 0 bridgehead atoms. The minimum absolute atomic E-state index is 0.0269. The molecule has 0 amide bonds. The molecule has 2 unspecified atom stereocenters. The lowest BCUT2D eigenvalue weighted by Crippen LogP contribution is -2.25. The fraction of sp³-hybridized carbons (Fsp3) is 0.182. The molecule has 150 valence electrons. The second-order valence-electron chi connectivity index (χ2n) is 6.87. The van der Waals surface area contributed by atoms with Gasteiger partial charge in [0.05, 0.1) is 11.1 Å². The van der Waals surface area contributed by atoms with Crippen LogP contribution >= 0.6 is 23.2 Å².